The second kappa shape index (κ2) is 5.97. The summed E-state index contributed by atoms with van der Waals surface area (Å²) >= 11 is 0. The minimum Gasteiger partial charge on any atom is -0.490 e. The van der Waals surface area contributed by atoms with Crippen molar-refractivity contribution in [3.8, 4) is 5.75 Å². The van der Waals surface area contributed by atoms with Gasteiger partial charge in [-0.05, 0) is 19.1 Å². The van der Waals surface area contributed by atoms with Crippen molar-refractivity contribution in [2.24, 2.45) is 0 Å². The fourth-order valence-corrected chi connectivity index (χ4v) is 1.33. The van der Waals surface area contributed by atoms with Crippen LogP contribution in [0.5, 0.6) is 5.75 Å². The highest BCUT2D eigenvalue weighted by Crippen LogP contribution is 2.27. The van der Waals surface area contributed by atoms with E-state index in [2.05, 4.69) is 5.32 Å². The molecule has 18 heavy (non-hydrogen) atoms. The molecule has 0 aliphatic heterocycles. The maximum Gasteiger partial charge on any atom is 0.311 e. The van der Waals surface area contributed by atoms with Gasteiger partial charge in [0, 0.05) is 17.7 Å². The summed E-state index contributed by atoms with van der Waals surface area (Å²) in [4.78, 5) is 21.9. The minimum atomic E-state index is -0.620. The Morgan fingerprint density at radius 1 is 1.61 bits per heavy atom. The Hall–Kier alpha value is -2.15. The van der Waals surface area contributed by atoms with Crippen LogP contribution < -0.4 is 10.1 Å². The van der Waals surface area contributed by atoms with E-state index in [1.807, 2.05) is 0 Å². The smallest absolute Gasteiger partial charge is 0.311 e. The van der Waals surface area contributed by atoms with Crippen molar-refractivity contribution in [1.82, 2.24) is 5.32 Å². The predicted molar refractivity (Wildman–Crippen MR) is 63.7 cm³/mol. The molecule has 1 amide bonds. The largest absolute Gasteiger partial charge is 0.490 e. The number of aliphatic hydroxyl groups is 1. The number of hydrogen-bond donors (Lipinski definition) is 2. The lowest BCUT2D eigenvalue weighted by Crippen LogP contribution is -2.34. The van der Waals surface area contributed by atoms with Crippen LogP contribution in [0.25, 0.3) is 0 Å². The van der Waals surface area contributed by atoms with Crippen LogP contribution in [0.2, 0.25) is 0 Å². The average Bonchev–Trinajstić information content (AvgIpc) is 2.37. The molecule has 0 heterocycles. The summed E-state index contributed by atoms with van der Waals surface area (Å²) in [5, 5.41) is 22.1. The van der Waals surface area contributed by atoms with Crippen LogP contribution in [-0.2, 0) is 0 Å². The molecule has 0 aromatic heterocycles. The zero-order chi connectivity index (χ0) is 13.7. The molecule has 0 bridgehead atoms. The molecule has 0 aliphatic carbocycles. The summed E-state index contributed by atoms with van der Waals surface area (Å²) in [6, 6.07) is 3.50. The van der Waals surface area contributed by atoms with E-state index in [4.69, 9.17) is 9.84 Å². The topological polar surface area (TPSA) is 102 Å². The van der Waals surface area contributed by atoms with Gasteiger partial charge in [-0.3, -0.25) is 14.9 Å². The Bertz CT molecular complexity index is 461. The monoisotopic (exact) mass is 254 g/mol. The highest BCUT2D eigenvalue weighted by Gasteiger charge is 2.18. The standard InChI is InChI=1S/C11H14N2O5/c1-7(6-14)12-11(15)8-3-4-10(18-2)9(5-8)13(16)17/h3-5,7,14H,6H2,1-2H3,(H,12,15)/t7-/m1/s1. The van der Waals surface area contributed by atoms with Crippen molar-refractivity contribution >= 4 is 11.6 Å². The number of carbonyl (C=O) groups excluding carboxylic acids is 1. The molecule has 0 aliphatic rings. The maximum atomic E-state index is 11.7. The van der Waals surface area contributed by atoms with Gasteiger partial charge >= 0.3 is 5.69 Å². The van der Waals surface area contributed by atoms with E-state index < -0.39 is 16.9 Å². The number of nitro benzene ring substituents is 1. The van der Waals surface area contributed by atoms with Gasteiger partial charge in [0.2, 0.25) is 0 Å². The zero-order valence-corrected chi connectivity index (χ0v) is 10.0. The third kappa shape index (κ3) is 3.17. The normalized spacial score (nSPS) is 11.7. The summed E-state index contributed by atoms with van der Waals surface area (Å²) in [7, 11) is 1.32. The lowest BCUT2D eigenvalue weighted by Gasteiger charge is -2.11. The third-order valence-corrected chi connectivity index (χ3v) is 2.29. The number of rotatable bonds is 5. The first-order valence-corrected chi connectivity index (χ1v) is 5.23. The van der Waals surface area contributed by atoms with E-state index in [1.54, 1.807) is 6.92 Å². The Kier molecular flexibility index (Phi) is 4.61. The first-order chi connectivity index (χ1) is 8.49. The molecular weight excluding hydrogens is 240 g/mol. The van der Waals surface area contributed by atoms with Crippen LogP contribution in [0, 0.1) is 10.1 Å². The molecule has 0 fully saturated rings. The number of ether oxygens (including phenoxy) is 1. The molecular formula is C11H14N2O5. The molecule has 7 heteroatoms. The number of methoxy groups -OCH3 is 1. The lowest BCUT2D eigenvalue weighted by atomic mass is 10.1. The third-order valence-electron chi connectivity index (χ3n) is 2.29. The molecule has 0 unspecified atom stereocenters. The molecule has 1 aromatic rings. The van der Waals surface area contributed by atoms with Crippen molar-refractivity contribution in [2.45, 2.75) is 13.0 Å². The molecule has 1 atom stereocenters. The Labute approximate surface area is 104 Å². The summed E-state index contributed by atoms with van der Waals surface area (Å²) in [5.41, 5.74) is -0.135. The number of nitrogens with zero attached hydrogens (tertiary/aromatic N) is 1. The molecule has 0 saturated carbocycles. The predicted octanol–water partition coefficient (Wildman–Crippen LogP) is 0.714. The molecule has 1 rings (SSSR count). The fraction of sp³-hybridized carbons (Fsp3) is 0.364. The van der Waals surface area contributed by atoms with Crippen LogP contribution >= 0.6 is 0 Å². The molecule has 0 saturated heterocycles. The number of aliphatic hydroxyl groups excluding tert-OH is 1. The molecule has 1 aromatic carbocycles. The Morgan fingerprint density at radius 3 is 2.78 bits per heavy atom. The van der Waals surface area contributed by atoms with Gasteiger partial charge in [0.1, 0.15) is 0 Å². The summed E-state index contributed by atoms with van der Waals surface area (Å²) < 4.78 is 4.83. The van der Waals surface area contributed by atoms with Crippen molar-refractivity contribution < 1.29 is 19.6 Å². The highest BCUT2D eigenvalue weighted by atomic mass is 16.6. The van der Waals surface area contributed by atoms with Gasteiger partial charge < -0.3 is 15.2 Å². The summed E-state index contributed by atoms with van der Waals surface area (Å²) in [5.74, 6) is -0.394. The van der Waals surface area contributed by atoms with Gasteiger partial charge in [0.05, 0.1) is 18.6 Å². The summed E-state index contributed by atoms with van der Waals surface area (Å²) in [6.07, 6.45) is 0. The number of hydrogen-bond acceptors (Lipinski definition) is 5. The van der Waals surface area contributed by atoms with E-state index in [0.29, 0.717) is 0 Å². The second-order valence-electron chi connectivity index (χ2n) is 3.70. The van der Waals surface area contributed by atoms with E-state index >= 15 is 0 Å². The zero-order valence-electron chi connectivity index (χ0n) is 10.0. The van der Waals surface area contributed by atoms with Gasteiger partial charge in [0.25, 0.3) is 5.91 Å². The van der Waals surface area contributed by atoms with Crippen molar-refractivity contribution in [3.05, 3.63) is 33.9 Å². The van der Waals surface area contributed by atoms with Crippen LogP contribution in [0.1, 0.15) is 17.3 Å². The van der Waals surface area contributed by atoms with Crippen LogP contribution in [0.15, 0.2) is 18.2 Å². The van der Waals surface area contributed by atoms with Crippen LogP contribution in [0.3, 0.4) is 0 Å². The number of nitrogens with one attached hydrogen (secondary N) is 1. The molecule has 2 N–H and O–H groups in total. The fourth-order valence-electron chi connectivity index (χ4n) is 1.33. The highest BCUT2D eigenvalue weighted by molar-refractivity contribution is 5.95. The van der Waals surface area contributed by atoms with E-state index in [-0.39, 0.29) is 23.6 Å². The molecule has 7 nitrogen and oxygen atoms in total. The lowest BCUT2D eigenvalue weighted by molar-refractivity contribution is -0.385. The molecule has 0 spiro atoms. The number of benzene rings is 1. The maximum absolute atomic E-state index is 11.7. The van der Waals surface area contributed by atoms with Gasteiger partial charge in [-0.15, -0.1) is 0 Å². The van der Waals surface area contributed by atoms with Crippen molar-refractivity contribution in [3.63, 3.8) is 0 Å². The Morgan fingerprint density at radius 2 is 2.28 bits per heavy atom. The average molecular weight is 254 g/mol. The molecule has 0 radical (unpaired) electrons. The van der Waals surface area contributed by atoms with Gasteiger partial charge in [-0.25, -0.2) is 0 Å². The summed E-state index contributed by atoms with van der Waals surface area (Å²) in [6.45, 7) is 1.42. The minimum absolute atomic E-state index is 0.0896. The first kappa shape index (κ1) is 13.9. The number of nitro groups is 1. The van der Waals surface area contributed by atoms with Crippen molar-refractivity contribution in [2.75, 3.05) is 13.7 Å². The van der Waals surface area contributed by atoms with Gasteiger partial charge in [-0.2, -0.15) is 0 Å². The van der Waals surface area contributed by atoms with Gasteiger partial charge in [-0.1, -0.05) is 0 Å². The first-order valence-electron chi connectivity index (χ1n) is 5.23. The number of carbonyl (C=O) groups is 1. The SMILES string of the molecule is COc1ccc(C(=O)N[C@H](C)CO)cc1[N+](=O)[O-]. The van der Waals surface area contributed by atoms with E-state index in [9.17, 15) is 14.9 Å². The van der Waals surface area contributed by atoms with Crippen molar-refractivity contribution in [1.29, 1.82) is 0 Å². The van der Waals surface area contributed by atoms with E-state index in [0.717, 1.165) is 6.07 Å². The molecule has 98 valence electrons. The van der Waals surface area contributed by atoms with E-state index in [1.165, 1.54) is 19.2 Å². The van der Waals surface area contributed by atoms with Gasteiger partial charge in [0.15, 0.2) is 5.75 Å². The number of amides is 1. The second-order valence-corrected chi connectivity index (χ2v) is 3.70. The van der Waals surface area contributed by atoms with Crippen LogP contribution in [0.4, 0.5) is 5.69 Å². The Balaban J connectivity index is 3.01. The quantitative estimate of drug-likeness (QED) is 0.595. The van der Waals surface area contributed by atoms with Crippen LogP contribution in [-0.4, -0.2) is 35.7 Å².